The summed E-state index contributed by atoms with van der Waals surface area (Å²) in [5, 5.41) is 12.1. The smallest absolute Gasteiger partial charge is 0.326 e. The second kappa shape index (κ2) is 20.3. The van der Waals surface area contributed by atoms with E-state index in [9.17, 15) is 9.59 Å². The van der Waals surface area contributed by atoms with Crippen LogP contribution in [0.25, 0.3) is 0 Å². The lowest BCUT2D eigenvalue weighted by molar-refractivity contribution is -0.138. The van der Waals surface area contributed by atoms with Gasteiger partial charge in [0.1, 0.15) is 0 Å². The molecule has 0 spiro atoms. The molecule has 0 atom stereocenters. The molecule has 0 bridgehead atoms. The maximum atomic E-state index is 13.1. The van der Waals surface area contributed by atoms with Crippen LogP contribution in [0.4, 0.5) is 4.79 Å². The number of allylic oxidation sites excluding steroid dienone is 13. The van der Waals surface area contributed by atoms with Crippen LogP contribution in [-0.4, -0.2) is 34.9 Å². The van der Waals surface area contributed by atoms with E-state index in [-0.39, 0.29) is 12.5 Å². The number of urea groups is 1. The van der Waals surface area contributed by atoms with Gasteiger partial charge in [0.25, 0.3) is 0 Å². The van der Waals surface area contributed by atoms with Crippen molar-refractivity contribution < 1.29 is 14.7 Å². The molecule has 6 heteroatoms. The van der Waals surface area contributed by atoms with E-state index in [1.807, 2.05) is 39.1 Å². The maximum absolute atomic E-state index is 13.1. The van der Waals surface area contributed by atoms with Gasteiger partial charge in [-0.3, -0.25) is 9.69 Å². The summed E-state index contributed by atoms with van der Waals surface area (Å²) in [5.74, 6) is 0.179. The summed E-state index contributed by atoms with van der Waals surface area (Å²) in [6.07, 6.45) is 30.1. The molecule has 0 heterocycles. The lowest BCUT2D eigenvalue weighted by atomic mass is 9.78. The fraction of sp³-hybridized carbons (Fsp3) is 0.500. The average Bonchev–Trinajstić information content (AvgIpc) is 3.19. The normalized spacial score (nSPS) is 20.0. The minimum atomic E-state index is -0.689. The van der Waals surface area contributed by atoms with Gasteiger partial charge in [0, 0.05) is 31.3 Å². The summed E-state index contributed by atoms with van der Waals surface area (Å²) in [5.41, 5.74) is 6.42. The molecule has 0 aromatic heterocycles. The molecule has 0 aliphatic heterocycles. The van der Waals surface area contributed by atoms with Crippen molar-refractivity contribution in [2.45, 2.75) is 105 Å². The zero-order chi connectivity index (χ0) is 32.3. The first-order chi connectivity index (χ1) is 21.1. The van der Waals surface area contributed by atoms with Gasteiger partial charge in [0.15, 0.2) is 0 Å². The van der Waals surface area contributed by atoms with Gasteiger partial charge in [-0.1, -0.05) is 86.1 Å². The summed E-state index contributed by atoms with van der Waals surface area (Å²) in [6, 6.07) is -0.188. The third kappa shape index (κ3) is 14.2. The van der Waals surface area contributed by atoms with Gasteiger partial charge in [-0.25, -0.2) is 9.79 Å². The van der Waals surface area contributed by atoms with Gasteiger partial charge in [-0.15, -0.1) is 0 Å². The molecule has 2 aliphatic carbocycles. The molecule has 0 aromatic carbocycles. The van der Waals surface area contributed by atoms with E-state index in [0.29, 0.717) is 24.8 Å². The van der Waals surface area contributed by atoms with Gasteiger partial charge >= 0.3 is 12.0 Å². The van der Waals surface area contributed by atoms with Gasteiger partial charge in [0.05, 0.1) is 6.34 Å². The molecule has 2 amide bonds. The van der Waals surface area contributed by atoms with Crippen LogP contribution in [0.5, 0.6) is 0 Å². The number of carbonyl (C=O) groups excluding carboxylic acids is 1. The number of nitrogens with one attached hydrogen (secondary N) is 1. The van der Waals surface area contributed by atoms with Crippen LogP contribution in [0.15, 0.2) is 99.9 Å². The fourth-order valence-corrected chi connectivity index (χ4v) is 5.56. The topological polar surface area (TPSA) is 82.0 Å². The van der Waals surface area contributed by atoms with Gasteiger partial charge < -0.3 is 10.4 Å². The number of unbranched alkanes of at least 4 members (excludes halogenated alkanes) is 1. The third-order valence-corrected chi connectivity index (χ3v) is 8.13. The Balaban J connectivity index is 2.17. The summed E-state index contributed by atoms with van der Waals surface area (Å²) < 4.78 is 0. The van der Waals surface area contributed by atoms with Crippen molar-refractivity contribution >= 4 is 18.3 Å². The fourth-order valence-electron chi connectivity index (χ4n) is 5.56. The van der Waals surface area contributed by atoms with Crippen LogP contribution in [0.1, 0.15) is 105 Å². The van der Waals surface area contributed by atoms with Crippen LogP contribution < -0.4 is 5.32 Å². The number of carboxylic acid groups (broad SMARTS) is 1. The highest BCUT2D eigenvalue weighted by atomic mass is 16.4. The molecule has 0 unspecified atom stereocenters. The molecular formula is C38H55N3O3. The molecule has 2 N–H and O–H groups in total. The van der Waals surface area contributed by atoms with E-state index < -0.39 is 5.97 Å². The van der Waals surface area contributed by atoms with Crippen molar-refractivity contribution in [2.24, 2.45) is 16.8 Å². The van der Waals surface area contributed by atoms with Gasteiger partial charge in [0.2, 0.25) is 0 Å². The third-order valence-electron chi connectivity index (χ3n) is 8.13. The Bertz CT molecular complexity index is 1220. The van der Waals surface area contributed by atoms with Crippen LogP contribution in [0.3, 0.4) is 0 Å². The van der Waals surface area contributed by atoms with Crippen molar-refractivity contribution in [3.05, 3.63) is 94.9 Å². The van der Waals surface area contributed by atoms with Crippen molar-refractivity contribution in [2.75, 3.05) is 6.54 Å². The Hall–Kier alpha value is -3.67. The quantitative estimate of drug-likeness (QED) is 0.105. The SMILES string of the molecule is C=C(\C=C/C(=C\C)C(/C=C(\C)CCCC)=C/N=CN(CCC)C(=O)NC1=CC=C(C)C=CC1)CC1CCC(CC(=O)O)CC1. The van der Waals surface area contributed by atoms with Crippen LogP contribution in [0.2, 0.25) is 0 Å². The number of aliphatic imine (C=N–C) groups is 1. The highest BCUT2D eigenvalue weighted by Gasteiger charge is 2.23. The zero-order valence-corrected chi connectivity index (χ0v) is 27.8. The number of carboxylic acids is 1. The monoisotopic (exact) mass is 601 g/mol. The molecule has 0 radical (unpaired) electrons. The van der Waals surface area contributed by atoms with E-state index in [1.165, 1.54) is 5.57 Å². The zero-order valence-electron chi connectivity index (χ0n) is 27.8. The standard InChI is InChI=1S/C38H55N3O3/c1-7-10-12-30(5)25-35(27-39-28-41(23-8-2)38(44)40-36-14-11-13-29(4)16-22-36)34(9-3)21-15-31(6)24-32-17-19-33(20-18-32)26-37(42)43/h9,11,13,15-16,21-22,25,27-28,32-33H,6-8,10,12,14,17-20,23-24,26H2,1-5H3,(H,40,44)(H,42,43)/b21-15-,30-25+,34-9+,35-27+,39-28?. The average molecular weight is 602 g/mol. The van der Waals surface area contributed by atoms with Crippen molar-refractivity contribution in [3.8, 4) is 0 Å². The van der Waals surface area contributed by atoms with Crippen LogP contribution in [0, 0.1) is 11.8 Å². The number of aliphatic carboxylic acids is 1. The summed E-state index contributed by atoms with van der Waals surface area (Å²) in [7, 11) is 0. The molecule has 1 saturated carbocycles. The number of hydrogen-bond acceptors (Lipinski definition) is 3. The molecule has 2 aliphatic rings. The minimum Gasteiger partial charge on any atom is -0.481 e. The molecule has 0 aromatic rings. The number of rotatable bonds is 16. The Labute approximate surface area is 266 Å². The van der Waals surface area contributed by atoms with Crippen molar-refractivity contribution in [1.82, 2.24) is 10.2 Å². The van der Waals surface area contributed by atoms with Crippen LogP contribution in [-0.2, 0) is 4.79 Å². The first kappa shape index (κ1) is 36.5. The summed E-state index contributed by atoms with van der Waals surface area (Å²) in [6.45, 7) is 15.4. The van der Waals surface area contributed by atoms with Crippen molar-refractivity contribution in [1.29, 1.82) is 0 Å². The molecule has 1 fully saturated rings. The number of amides is 2. The van der Waals surface area contributed by atoms with E-state index >= 15 is 0 Å². The van der Waals surface area contributed by atoms with E-state index in [0.717, 1.165) is 85.8 Å². The van der Waals surface area contributed by atoms with Gasteiger partial charge in [-0.2, -0.15) is 0 Å². The Morgan fingerprint density at radius 1 is 1.07 bits per heavy atom. The van der Waals surface area contributed by atoms with Crippen LogP contribution >= 0.6 is 0 Å². The maximum Gasteiger partial charge on any atom is 0.326 e. The molecule has 240 valence electrons. The molecule has 6 nitrogen and oxygen atoms in total. The highest BCUT2D eigenvalue weighted by Crippen LogP contribution is 2.34. The molecule has 0 saturated heterocycles. The van der Waals surface area contributed by atoms with Crippen molar-refractivity contribution in [3.63, 3.8) is 0 Å². The first-order valence-corrected chi connectivity index (χ1v) is 16.4. The van der Waals surface area contributed by atoms with E-state index in [1.54, 1.807) is 11.2 Å². The Morgan fingerprint density at radius 3 is 2.41 bits per heavy atom. The Morgan fingerprint density at radius 2 is 1.77 bits per heavy atom. The highest BCUT2D eigenvalue weighted by molar-refractivity contribution is 5.87. The number of hydrogen-bond donors (Lipinski definition) is 2. The number of carbonyl (C=O) groups is 2. The Kier molecular flexibility index (Phi) is 16.9. The second-order valence-corrected chi connectivity index (χ2v) is 12.2. The largest absolute Gasteiger partial charge is 0.481 e. The van der Waals surface area contributed by atoms with E-state index in [2.05, 4.69) is 67.2 Å². The molecule has 2 rings (SSSR count). The second-order valence-electron chi connectivity index (χ2n) is 12.2. The van der Waals surface area contributed by atoms with E-state index in [4.69, 9.17) is 5.11 Å². The summed E-state index contributed by atoms with van der Waals surface area (Å²) >= 11 is 0. The molecule has 44 heavy (non-hydrogen) atoms. The predicted molar refractivity (Wildman–Crippen MR) is 185 cm³/mol. The minimum absolute atomic E-state index is 0.188. The van der Waals surface area contributed by atoms with Gasteiger partial charge in [-0.05, 0) is 101 Å². The lowest BCUT2D eigenvalue weighted by Crippen LogP contribution is -2.39. The predicted octanol–water partition coefficient (Wildman–Crippen LogP) is 9.98. The molecular weight excluding hydrogens is 546 g/mol. The lowest BCUT2D eigenvalue weighted by Gasteiger charge is -2.27. The first-order valence-electron chi connectivity index (χ1n) is 16.4. The summed E-state index contributed by atoms with van der Waals surface area (Å²) in [4.78, 5) is 30.4. The number of nitrogens with zero attached hydrogens (tertiary/aromatic N) is 2.